The molecule has 25 heavy (non-hydrogen) atoms. The minimum Gasteiger partial charge on any atom is -0.461 e. The molecule has 0 saturated carbocycles. The van der Waals surface area contributed by atoms with Crippen molar-refractivity contribution in [2.75, 3.05) is 11.9 Å². The van der Waals surface area contributed by atoms with Crippen LogP contribution in [-0.4, -0.2) is 28.5 Å². The van der Waals surface area contributed by atoms with Gasteiger partial charge in [-0.3, -0.25) is 10.1 Å². The molecule has 3 aromatic rings. The van der Waals surface area contributed by atoms with Crippen LogP contribution in [0, 0.1) is 6.92 Å². The van der Waals surface area contributed by atoms with Crippen molar-refractivity contribution in [1.29, 1.82) is 0 Å². The summed E-state index contributed by atoms with van der Waals surface area (Å²) in [5.74, 6) is -0.799. The first-order valence-corrected chi connectivity index (χ1v) is 9.25. The molecular formula is C17H15N3O3S2. The van der Waals surface area contributed by atoms with Gasteiger partial charge in [0.05, 0.1) is 17.3 Å². The number of hydrogen-bond acceptors (Lipinski definition) is 7. The van der Waals surface area contributed by atoms with E-state index in [1.54, 1.807) is 12.3 Å². The van der Waals surface area contributed by atoms with Crippen LogP contribution in [0.5, 0.6) is 0 Å². The molecule has 0 bridgehead atoms. The lowest BCUT2D eigenvalue weighted by molar-refractivity contribution is 0.0520. The molecule has 2 heterocycles. The fourth-order valence-corrected chi connectivity index (χ4v) is 3.67. The maximum Gasteiger partial charge on any atom is 0.357 e. The van der Waals surface area contributed by atoms with Gasteiger partial charge in [-0.2, -0.15) is 0 Å². The Kier molecular flexibility index (Phi) is 5.20. The number of aryl methyl sites for hydroxylation is 1. The molecule has 1 N–H and O–H groups in total. The number of hydrogen-bond donors (Lipinski definition) is 1. The quantitative estimate of drug-likeness (QED) is 0.684. The van der Waals surface area contributed by atoms with E-state index in [1.165, 1.54) is 22.7 Å². The summed E-state index contributed by atoms with van der Waals surface area (Å²) in [5.41, 5.74) is 1.71. The molecule has 0 aliphatic heterocycles. The Labute approximate surface area is 152 Å². The lowest BCUT2D eigenvalue weighted by Crippen LogP contribution is -2.12. The molecule has 0 aliphatic rings. The zero-order valence-corrected chi connectivity index (χ0v) is 15.2. The molecule has 1 amide bonds. The first-order chi connectivity index (χ1) is 12.1. The Bertz CT molecular complexity index is 903. The van der Waals surface area contributed by atoms with Crippen LogP contribution in [-0.2, 0) is 4.74 Å². The van der Waals surface area contributed by atoms with E-state index in [0.29, 0.717) is 15.7 Å². The number of carbonyl (C=O) groups is 2. The molecule has 0 aliphatic carbocycles. The van der Waals surface area contributed by atoms with Gasteiger partial charge in [0.25, 0.3) is 5.91 Å². The third kappa shape index (κ3) is 3.92. The molecule has 0 unspecified atom stereocenters. The van der Waals surface area contributed by atoms with Gasteiger partial charge in [-0.25, -0.2) is 14.8 Å². The normalized spacial score (nSPS) is 10.5. The lowest BCUT2D eigenvalue weighted by atomic mass is 10.1. The fourth-order valence-electron chi connectivity index (χ4n) is 2.16. The van der Waals surface area contributed by atoms with Crippen molar-refractivity contribution in [2.24, 2.45) is 0 Å². The molecule has 0 saturated heterocycles. The van der Waals surface area contributed by atoms with Crippen LogP contribution >= 0.6 is 22.7 Å². The average molecular weight is 373 g/mol. The minimum absolute atomic E-state index is 0.186. The highest BCUT2D eigenvalue weighted by Crippen LogP contribution is 2.29. The number of amides is 1. The van der Waals surface area contributed by atoms with E-state index in [1.807, 2.05) is 37.3 Å². The van der Waals surface area contributed by atoms with Crippen LogP contribution in [0.15, 0.2) is 35.7 Å². The number of anilines is 1. The summed E-state index contributed by atoms with van der Waals surface area (Å²) >= 11 is 2.50. The number of ether oxygens (including phenoxy) is 1. The van der Waals surface area contributed by atoms with Gasteiger partial charge in [-0.1, -0.05) is 30.3 Å². The summed E-state index contributed by atoms with van der Waals surface area (Å²) in [5, 5.41) is 5.44. The third-order valence-electron chi connectivity index (χ3n) is 3.20. The van der Waals surface area contributed by atoms with Crippen molar-refractivity contribution >= 4 is 39.7 Å². The van der Waals surface area contributed by atoms with Crippen LogP contribution in [0.3, 0.4) is 0 Å². The topological polar surface area (TPSA) is 81.2 Å². The van der Waals surface area contributed by atoms with Crippen molar-refractivity contribution in [3.8, 4) is 11.3 Å². The van der Waals surface area contributed by atoms with Crippen LogP contribution in [0.2, 0.25) is 0 Å². The van der Waals surface area contributed by atoms with Crippen LogP contribution < -0.4 is 5.32 Å². The summed E-state index contributed by atoms with van der Waals surface area (Å²) in [6, 6.07) is 9.53. The van der Waals surface area contributed by atoms with Gasteiger partial charge >= 0.3 is 5.97 Å². The van der Waals surface area contributed by atoms with Gasteiger partial charge in [0, 0.05) is 10.9 Å². The van der Waals surface area contributed by atoms with Gasteiger partial charge < -0.3 is 4.74 Å². The van der Waals surface area contributed by atoms with E-state index in [-0.39, 0.29) is 18.2 Å². The first-order valence-electron chi connectivity index (χ1n) is 7.55. The maximum absolute atomic E-state index is 12.6. The highest BCUT2D eigenvalue weighted by molar-refractivity contribution is 7.15. The van der Waals surface area contributed by atoms with E-state index in [2.05, 4.69) is 15.3 Å². The number of aromatic nitrogens is 2. The molecule has 2 aromatic heterocycles. The van der Waals surface area contributed by atoms with Gasteiger partial charge in [0.1, 0.15) is 4.88 Å². The zero-order chi connectivity index (χ0) is 17.8. The maximum atomic E-state index is 12.6. The van der Waals surface area contributed by atoms with E-state index < -0.39 is 5.97 Å². The van der Waals surface area contributed by atoms with Crippen molar-refractivity contribution < 1.29 is 14.3 Å². The second kappa shape index (κ2) is 7.54. The smallest absolute Gasteiger partial charge is 0.357 e. The highest BCUT2D eigenvalue weighted by Gasteiger charge is 2.20. The number of nitrogens with one attached hydrogen (secondary N) is 1. The Balaban J connectivity index is 1.82. The number of esters is 1. The molecule has 128 valence electrons. The van der Waals surface area contributed by atoms with E-state index in [9.17, 15) is 9.59 Å². The summed E-state index contributed by atoms with van der Waals surface area (Å²) in [4.78, 5) is 33.4. The van der Waals surface area contributed by atoms with Gasteiger partial charge in [0.2, 0.25) is 0 Å². The minimum atomic E-state index is -0.502. The standard InChI is InChI=1S/C17H15N3O3S2/c1-3-23-16(22)12-9-24-17(19-12)20-15(21)14-13(18-10(2)25-14)11-7-5-4-6-8-11/h4-9H,3H2,1-2H3,(H,19,20,21). The van der Waals surface area contributed by atoms with Gasteiger partial charge in [-0.05, 0) is 13.8 Å². The Morgan fingerprint density at radius 1 is 1.20 bits per heavy atom. The first kappa shape index (κ1) is 17.2. The Morgan fingerprint density at radius 2 is 1.96 bits per heavy atom. The second-order valence-electron chi connectivity index (χ2n) is 4.99. The van der Waals surface area contributed by atoms with Crippen LogP contribution in [0.4, 0.5) is 5.13 Å². The van der Waals surface area contributed by atoms with Crippen molar-refractivity contribution in [1.82, 2.24) is 9.97 Å². The predicted molar refractivity (Wildman–Crippen MR) is 98.3 cm³/mol. The SMILES string of the molecule is CCOC(=O)c1csc(NC(=O)c2sc(C)nc2-c2ccccc2)n1. The zero-order valence-electron chi connectivity index (χ0n) is 13.6. The van der Waals surface area contributed by atoms with E-state index >= 15 is 0 Å². The number of benzene rings is 1. The summed E-state index contributed by atoms with van der Waals surface area (Å²) < 4.78 is 4.90. The number of nitrogens with zero attached hydrogens (tertiary/aromatic N) is 2. The molecule has 8 heteroatoms. The van der Waals surface area contributed by atoms with Crippen LogP contribution in [0.1, 0.15) is 32.1 Å². The lowest BCUT2D eigenvalue weighted by Gasteiger charge is -2.02. The second-order valence-corrected chi connectivity index (χ2v) is 7.05. The molecule has 0 radical (unpaired) electrons. The van der Waals surface area contributed by atoms with Crippen LogP contribution in [0.25, 0.3) is 11.3 Å². The number of rotatable bonds is 5. The molecule has 0 fully saturated rings. The molecule has 3 rings (SSSR count). The van der Waals surface area contributed by atoms with E-state index in [0.717, 1.165) is 10.6 Å². The number of thiazole rings is 2. The number of carbonyl (C=O) groups excluding carboxylic acids is 2. The van der Waals surface area contributed by atoms with Gasteiger partial charge in [0.15, 0.2) is 10.8 Å². The van der Waals surface area contributed by atoms with Crippen molar-refractivity contribution in [2.45, 2.75) is 13.8 Å². The Hall–Kier alpha value is -2.58. The van der Waals surface area contributed by atoms with Gasteiger partial charge in [-0.15, -0.1) is 22.7 Å². The Morgan fingerprint density at radius 3 is 2.68 bits per heavy atom. The molecule has 0 atom stereocenters. The molecule has 6 nitrogen and oxygen atoms in total. The summed E-state index contributed by atoms with van der Waals surface area (Å²) in [6.45, 7) is 3.86. The fraction of sp³-hybridized carbons (Fsp3) is 0.176. The highest BCUT2D eigenvalue weighted by atomic mass is 32.1. The molecule has 0 spiro atoms. The summed E-state index contributed by atoms with van der Waals surface area (Å²) in [7, 11) is 0. The van der Waals surface area contributed by atoms with Crippen molar-refractivity contribution in [3.05, 3.63) is 51.3 Å². The predicted octanol–water partition coefficient (Wildman–Crippen LogP) is 4.00. The third-order valence-corrected chi connectivity index (χ3v) is 4.92. The van der Waals surface area contributed by atoms with E-state index in [4.69, 9.17) is 4.74 Å². The van der Waals surface area contributed by atoms with Crippen molar-refractivity contribution in [3.63, 3.8) is 0 Å². The summed E-state index contributed by atoms with van der Waals surface area (Å²) in [6.07, 6.45) is 0. The molecule has 1 aromatic carbocycles. The largest absolute Gasteiger partial charge is 0.461 e. The average Bonchev–Trinajstić information content (AvgIpc) is 3.22. The molecular weight excluding hydrogens is 358 g/mol. The monoisotopic (exact) mass is 373 g/mol.